The van der Waals surface area contributed by atoms with Crippen molar-refractivity contribution in [2.75, 3.05) is 14.2 Å². The fourth-order valence-corrected chi connectivity index (χ4v) is 0.731. The Labute approximate surface area is 113 Å². The fraction of sp³-hybridized carbons (Fsp3) is 0.364. The molecule has 2 nitrogen and oxygen atoms in total. The van der Waals surface area contributed by atoms with Crippen LogP contribution in [-0.4, -0.2) is 14.2 Å². The van der Waals surface area contributed by atoms with Gasteiger partial charge >= 0.3 is 0 Å². The summed E-state index contributed by atoms with van der Waals surface area (Å²) in [4.78, 5) is 0. The van der Waals surface area contributed by atoms with Crippen LogP contribution >= 0.6 is 0 Å². The first-order valence-electron chi connectivity index (χ1n) is 4.10. The second kappa shape index (κ2) is 12.9. The first kappa shape index (κ1) is 19.5. The van der Waals surface area contributed by atoms with E-state index in [4.69, 9.17) is 4.74 Å². The van der Waals surface area contributed by atoms with Gasteiger partial charge in [-0.05, 0) is 12.1 Å². The predicted octanol–water partition coefficient (Wildman–Crippen LogP) is 3.80. The molecule has 0 aromatic heterocycles. The molecule has 0 saturated carbocycles. The monoisotopic (exact) mass is 270 g/mol. The molecule has 0 atom stereocenters. The standard InChI is InChI=1S/C8H10NO.C2H6.CH3.Y/c1-9-7-3-5-8(10-2)6-4-7;1-2;;/h3-6H,1-2H3;1-2H3;1H3;/q-1;;-1;. The van der Waals surface area contributed by atoms with Crippen molar-refractivity contribution in [1.82, 2.24) is 0 Å². The van der Waals surface area contributed by atoms with Crippen LogP contribution in [0.2, 0.25) is 0 Å². The van der Waals surface area contributed by atoms with Crippen LogP contribution < -0.4 is 4.74 Å². The fourth-order valence-electron chi connectivity index (χ4n) is 0.731. The Bertz CT molecular complexity index is 176. The van der Waals surface area contributed by atoms with Gasteiger partial charge in [-0.3, -0.25) is 0 Å². The molecule has 0 amide bonds. The van der Waals surface area contributed by atoms with Gasteiger partial charge in [-0.1, -0.05) is 26.0 Å². The first-order valence-corrected chi connectivity index (χ1v) is 4.10. The molecule has 1 aromatic rings. The van der Waals surface area contributed by atoms with Gasteiger partial charge in [0, 0.05) is 32.7 Å². The normalized spacial score (nSPS) is 6.86. The summed E-state index contributed by atoms with van der Waals surface area (Å²) in [6.07, 6.45) is 0. The number of hydrogen-bond donors (Lipinski definition) is 0. The van der Waals surface area contributed by atoms with Crippen LogP contribution in [0.15, 0.2) is 24.3 Å². The van der Waals surface area contributed by atoms with Crippen LogP contribution in [0, 0.1) is 7.43 Å². The average Bonchev–Trinajstić information content (AvgIpc) is 2.21. The Balaban J connectivity index is -0.000000284. The maximum atomic E-state index is 4.97. The van der Waals surface area contributed by atoms with Crippen LogP contribution in [0.3, 0.4) is 0 Å². The summed E-state index contributed by atoms with van der Waals surface area (Å²) < 4.78 is 4.97. The Hall–Kier alpha value is -0.0761. The zero-order valence-electron chi connectivity index (χ0n) is 9.74. The molecule has 79 valence electrons. The van der Waals surface area contributed by atoms with Gasteiger partial charge in [0.15, 0.2) is 0 Å². The van der Waals surface area contributed by atoms with Crippen molar-refractivity contribution in [2.24, 2.45) is 0 Å². The van der Waals surface area contributed by atoms with Crippen molar-refractivity contribution in [2.45, 2.75) is 13.8 Å². The smallest absolute Gasteiger partial charge is 0.118 e. The molecule has 0 fully saturated rings. The van der Waals surface area contributed by atoms with Crippen molar-refractivity contribution in [3.8, 4) is 5.75 Å². The van der Waals surface area contributed by atoms with Crippen molar-refractivity contribution >= 4 is 5.69 Å². The summed E-state index contributed by atoms with van der Waals surface area (Å²) in [6.45, 7) is 4.00. The molecule has 0 N–H and O–H groups in total. The molecule has 14 heavy (non-hydrogen) atoms. The van der Waals surface area contributed by atoms with E-state index in [1.54, 1.807) is 14.2 Å². The Morgan fingerprint density at radius 3 is 1.79 bits per heavy atom. The van der Waals surface area contributed by atoms with Crippen molar-refractivity contribution in [1.29, 1.82) is 0 Å². The molecule has 0 unspecified atom stereocenters. The summed E-state index contributed by atoms with van der Waals surface area (Å²) >= 11 is 0. The predicted molar refractivity (Wildman–Crippen MR) is 59.7 cm³/mol. The molecule has 3 heteroatoms. The first-order chi connectivity index (χ1) is 5.86. The molecular formula is C11H19NOY-2. The summed E-state index contributed by atoms with van der Waals surface area (Å²) in [5, 5.41) is 3.99. The van der Waals surface area contributed by atoms with Crippen LogP contribution in [0.25, 0.3) is 5.32 Å². The summed E-state index contributed by atoms with van der Waals surface area (Å²) in [5.41, 5.74) is 0.973. The third-order valence-electron chi connectivity index (χ3n) is 1.33. The Morgan fingerprint density at radius 2 is 1.50 bits per heavy atom. The summed E-state index contributed by atoms with van der Waals surface area (Å²) in [6, 6.07) is 7.61. The quantitative estimate of drug-likeness (QED) is 0.749. The molecule has 1 rings (SSSR count). The average molecular weight is 270 g/mol. The molecule has 1 aromatic carbocycles. The van der Waals surface area contributed by atoms with Crippen molar-refractivity contribution < 1.29 is 37.4 Å². The third-order valence-corrected chi connectivity index (χ3v) is 1.33. The van der Waals surface area contributed by atoms with Crippen LogP contribution in [0.4, 0.5) is 5.69 Å². The van der Waals surface area contributed by atoms with Gasteiger partial charge in [0.2, 0.25) is 0 Å². The van der Waals surface area contributed by atoms with Gasteiger partial charge in [-0.25, -0.2) is 0 Å². The Morgan fingerprint density at radius 1 is 1.07 bits per heavy atom. The largest absolute Gasteiger partial charge is 0.687 e. The van der Waals surface area contributed by atoms with E-state index in [1.807, 2.05) is 38.1 Å². The van der Waals surface area contributed by atoms with E-state index < -0.39 is 0 Å². The minimum absolute atomic E-state index is 0. The maximum Gasteiger partial charge on any atom is 0.118 e. The second-order valence-corrected chi connectivity index (χ2v) is 1.92. The molecule has 0 spiro atoms. The van der Waals surface area contributed by atoms with Crippen molar-refractivity contribution in [3.05, 3.63) is 37.0 Å². The molecule has 0 aliphatic carbocycles. The molecule has 0 bridgehead atoms. The van der Waals surface area contributed by atoms with Gasteiger partial charge in [-0.2, -0.15) is 0 Å². The third kappa shape index (κ3) is 7.34. The van der Waals surface area contributed by atoms with E-state index in [9.17, 15) is 0 Å². The second-order valence-electron chi connectivity index (χ2n) is 1.92. The van der Waals surface area contributed by atoms with E-state index in [1.165, 1.54) is 0 Å². The van der Waals surface area contributed by atoms with Crippen LogP contribution in [0.5, 0.6) is 5.75 Å². The zero-order chi connectivity index (χ0) is 9.40. The van der Waals surface area contributed by atoms with Gasteiger partial charge in [-0.15, -0.1) is 12.7 Å². The van der Waals surface area contributed by atoms with E-state index in [-0.39, 0.29) is 40.1 Å². The van der Waals surface area contributed by atoms with Gasteiger partial charge < -0.3 is 17.5 Å². The summed E-state index contributed by atoms with van der Waals surface area (Å²) in [5.74, 6) is 0.868. The van der Waals surface area contributed by atoms with Crippen molar-refractivity contribution in [3.63, 3.8) is 0 Å². The van der Waals surface area contributed by atoms with Crippen LogP contribution in [-0.2, 0) is 32.7 Å². The SMILES string of the molecule is CC.C[N-]c1ccc(OC)cc1.[CH3-].[Y]. The maximum absolute atomic E-state index is 4.97. The number of methoxy groups -OCH3 is 1. The number of ether oxygens (including phenoxy) is 1. The van der Waals surface area contributed by atoms with Crippen LogP contribution in [0.1, 0.15) is 13.8 Å². The number of hydrogen-bond acceptors (Lipinski definition) is 1. The molecule has 0 heterocycles. The molecule has 0 aliphatic heterocycles. The van der Waals surface area contributed by atoms with E-state index in [0.717, 1.165) is 11.4 Å². The topological polar surface area (TPSA) is 23.3 Å². The minimum atomic E-state index is 0. The number of rotatable bonds is 2. The minimum Gasteiger partial charge on any atom is -0.687 e. The molecule has 0 aliphatic rings. The number of nitrogens with zero attached hydrogens (tertiary/aromatic N) is 1. The molecular weight excluding hydrogens is 251 g/mol. The molecule has 0 saturated heterocycles. The van der Waals surface area contributed by atoms with Gasteiger partial charge in [0.1, 0.15) is 5.75 Å². The Kier molecular flexibility index (Phi) is 18.0. The van der Waals surface area contributed by atoms with E-state index in [2.05, 4.69) is 5.32 Å². The van der Waals surface area contributed by atoms with E-state index >= 15 is 0 Å². The van der Waals surface area contributed by atoms with E-state index in [0.29, 0.717) is 0 Å². The van der Waals surface area contributed by atoms with Gasteiger partial charge in [0.05, 0.1) is 7.11 Å². The summed E-state index contributed by atoms with van der Waals surface area (Å²) in [7, 11) is 3.42. The van der Waals surface area contributed by atoms with Gasteiger partial charge in [0.25, 0.3) is 0 Å². The molecule has 1 radical (unpaired) electrons. The number of benzene rings is 1. The zero-order valence-corrected chi connectivity index (χ0v) is 12.6.